The molecule has 0 atom stereocenters. The van der Waals surface area contributed by atoms with Gasteiger partial charge in [-0.15, -0.1) is 0 Å². The van der Waals surface area contributed by atoms with E-state index in [-0.39, 0.29) is 5.92 Å². The van der Waals surface area contributed by atoms with E-state index in [1.54, 1.807) is 0 Å². The molecule has 4 aliphatic rings. The first-order valence-corrected chi connectivity index (χ1v) is 13.0. The number of hydrogen-bond acceptors (Lipinski definition) is 4. The molecule has 38 heavy (non-hydrogen) atoms. The molecular weight excluding hydrogens is 468 g/mol. The zero-order valence-corrected chi connectivity index (χ0v) is 22.3. The molecule has 0 saturated heterocycles. The molecule has 1 aromatic heterocycles. The molecule has 0 unspecified atom stereocenters. The van der Waals surface area contributed by atoms with Crippen molar-refractivity contribution in [3.8, 4) is 0 Å². The maximum absolute atomic E-state index is 10.5. The van der Waals surface area contributed by atoms with Gasteiger partial charge in [0.1, 0.15) is 5.76 Å². The molecule has 5 nitrogen and oxygen atoms in total. The number of benzene rings is 1. The Morgan fingerprint density at radius 1 is 0.632 bits per heavy atom. The summed E-state index contributed by atoms with van der Waals surface area (Å²) in [4.78, 5) is 18.6. The maximum Gasteiger partial charge on any atom is 0.102 e. The molecular formula is C33H30N4O. The Morgan fingerprint density at radius 2 is 1.13 bits per heavy atom. The zero-order chi connectivity index (χ0) is 26.6. The van der Waals surface area contributed by atoms with Gasteiger partial charge >= 0.3 is 0 Å². The van der Waals surface area contributed by atoms with E-state index >= 15 is 0 Å². The number of fused-ring (bicyclic) bond motifs is 5. The lowest BCUT2D eigenvalue weighted by molar-refractivity contribution is 0.446. The van der Waals surface area contributed by atoms with E-state index in [1.807, 2.05) is 26.0 Å². The summed E-state index contributed by atoms with van der Waals surface area (Å²) in [5, 5.41) is 12.3. The summed E-state index contributed by atoms with van der Waals surface area (Å²) in [6.45, 7) is 10.2. The number of H-pyrrole nitrogens is 1. The van der Waals surface area contributed by atoms with E-state index in [4.69, 9.17) is 15.0 Å². The van der Waals surface area contributed by atoms with Crippen molar-refractivity contribution in [2.45, 2.75) is 34.6 Å². The average Bonchev–Trinajstić information content (AvgIpc) is 3.74. The Hall–Kier alpha value is -4.51. The minimum absolute atomic E-state index is 0.0652. The second-order valence-electron chi connectivity index (χ2n) is 10.3. The standard InChI is InChI=1S/C33H30N4O/c1-18(2)33(38)23-8-6-22(7-9-23)32-30-16-14-28(36-30)20(4)26-12-10-24(34-26)19(3)25-11-13-27(35-25)21(5)29-15-17-31(32)37-29/h6-18,36,38H,1-5H3. The van der Waals surface area contributed by atoms with Crippen molar-refractivity contribution in [2.75, 3.05) is 0 Å². The number of allylic oxidation sites excluding steroid dienone is 9. The van der Waals surface area contributed by atoms with E-state index in [2.05, 4.69) is 86.5 Å². The highest BCUT2D eigenvalue weighted by Crippen LogP contribution is 2.30. The number of aromatic amines is 1. The van der Waals surface area contributed by atoms with E-state index in [0.29, 0.717) is 5.76 Å². The molecule has 0 saturated carbocycles. The molecule has 4 aliphatic heterocycles. The third kappa shape index (κ3) is 4.01. The van der Waals surface area contributed by atoms with Gasteiger partial charge in [0.05, 0.1) is 34.2 Å². The number of aliphatic hydroxyl groups is 1. The summed E-state index contributed by atoms with van der Waals surface area (Å²) in [5.74, 6) is 0.455. The first-order valence-electron chi connectivity index (χ1n) is 13.0. The number of nitrogens with one attached hydrogen (secondary N) is 1. The van der Waals surface area contributed by atoms with Crippen molar-refractivity contribution in [1.29, 1.82) is 0 Å². The second kappa shape index (κ2) is 9.10. The fourth-order valence-electron chi connectivity index (χ4n) is 5.01. The molecule has 2 N–H and O–H groups in total. The Labute approximate surface area is 222 Å². The van der Waals surface area contributed by atoms with Crippen molar-refractivity contribution in [2.24, 2.45) is 20.9 Å². The van der Waals surface area contributed by atoms with Crippen molar-refractivity contribution in [3.05, 3.63) is 123 Å². The van der Waals surface area contributed by atoms with Crippen LogP contribution in [0.15, 0.2) is 116 Å². The van der Waals surface area contributed by atoms with Crippen LogP contribution >= 0.6 is 0 Å². The summed E-state index contributed by atoms with van der Waals surface area (Å²) < 4.78 is 0. The summed E-state index contributed by atoms with van der Waals surface area (Å²) in [7, 11) is 0. The Bertz CT molecular complexity index is 1780. The van der Waals surface area contributed by atoms with Crippen molar-refractivity contribution in [1.82, 2.24) is 4.98 Å². The highest BCUT2D eigenvalue weighted by Gasteiger charge is 2.21. The van der Waals surface area contributed by atoms with Crippen molar-refractivity contribution >= 4 is 34.0 Å². The Balaban J connectivity index is 1.63. The van der Waals surface area contributed by atoms with Crippen LogP contribution in [0.25, 0.3) is 16.9 Å². The van der Waals surface area contributed by atoms with Gasteiger partial charge < -0.3 is 10.1 Å². The molecule has 0 spiro atoms. The number of aliphatic hydroxyl groups excluding tert-OH is 1. The number of hydrogen-bond donors (Lipinski definition) is 2. The van der Waals surface area contributed by atoms with Crippen molar-refractivity contribution < 1.29 is 5.11 Å². The van der Waals surface area contributed by atoms with Gasteiger partial charge in [-0.3, -0.25) is 0 Å². The third-order valence-corrected chi connectivity index (χ3v) is 7.47. The molecule has 8 bridgehead atoms. The first-order chi connectivity index (χ1) is 18.3. The SMILES string of the molecule is CC1=C2C=CC(=N2)C(C)=C2C=CC(=N2)C(=c2ccc(=C(O)C(C)C)cc2)c2ccc([nH]2)C(C)=C2C=CC1=N2. The van der Waals surface area contributed by atoms with Gasteiger partial charge in [0, 0.05) is 39.2 Å². The highest BCUT2D eigenvalue weighted by molar-refractivity contribution is 6.30. The normalized spacial score (nSPS) is 18.3. The fraction of sp³-hybridized carbons (Fsp3) is 0.182. The number of rotatable bonds is 1. The molecule has 1 aromatic carbocycles. The quantitative estimate of drug-likeness (QED) is 0.508. The molecule has 0 aliphatic carbocycles. The lowest BCUT2D eigenvalue weighted by Gasteiger charge is -2.08. The van der Waals surface area contributed by atoms with E-state index < -0.39 is 0 Å². The van der Waals surface area contributed by atoms with Crippen LogP contribution < -0.4 is 10.4 Å². The molecule has 0 fully saturated rings. The number of aliphatic imine (C=N–C) groups is 3. The lowest BCUT2D eigenvalue weighted by Crippen LogP contribution is -2.18. The second-order valence-corrected chi connectivity index (χ2v) is 10.3. The van der Waals surface area contributed by atoms with Crippen LogP contribution in [0.1, 0.15) is 46.0 Å². The van der Waals surface area contributed by atoms with Crippen LogP contribution in [0.4, 0.5) is 0 Å². The molecule has 0 radical (unpaired) electrons. The monoisotopic (exact) mass is 498 g/mol. The predicted molar refractivity (Wildman–Crippen MR) is 158 cm³/mol. The van der Waals surface area contributed by atoms with E-state index in [9.17, 15) is 5.11 Å². The van der Waals surface area contributed by atoms with Crippen LogP contribution in [-0.4, -0.2) is 27.2 Å². The summed E-state index contributed by atoms with van der Waals surface area (Å²) in [6.07, 6.45) is 12.4. The topological polar surface area (TPSA) is 73.1 Å². The molecule has 5 heteroatoms. The largest absolute Gasteiger partial charge is 0.511 e. The summed E-state index contributed by atoms with van der Waals surface area (Å²) in [6, 6.07) is 12.3. The predicted octanol–water partition coefficient (Wildman–Crippen LogP) is 5.86. The van der Waals surface area contributed by atoms with Gasteiger partial charge in [0.25, 0.3) is 0 Å². The Kier molecular flexibility index (Phi) is 5.72. The molecule has 0 amide bonds. The third-order valence-electron chi connectivity index (χ3n) is 7.47. The van der Waals surface area contributed by atoms with Crippen molar-refractivity contribution in [3.63, 3.8) is 0 Å². The average molecular weight is 499 g/mol. The molecule has 2 aromatic rings. The van der Waals surface area contributed by atoms with Gasteiger partial charge in [-0.1, -0.05) is 38.1 Å². The van der Waals surface area contributed by atoms with Gasteiger partial charge in [-0.05, 0) is 80.2 Å². The smallest absolute Gasteiger partial charge is 0.102 e. The molecule has 188 valence electrons. The maximum atomic E-state index is 10.5. The minimum atomic E-state index is 0.0652. The van der Waals surface area contributed by atoms with Crippen LogP contribution in [0.5, 0.6) is 0 Å². The first kappa shape index (κ1) is 23.9. The van der Waals surface area contributed by atoms with Crippen LogP contribution in [0.3, 0.4) is 0 Å². The molecule has 6 rings (SSSR count). The minimum Gasteiger partial charge on any atom is -0.511 e. The van der Waals surface area contributed by atoms with E-state index in [1.165, 1.54) is 0 Å². The highest BCUT2D eigenvalue weighted by atomic mass is 16.3. The zero-order valence-electron chi connectivity index (χ0n) is 22.3. The van der Waals surface area contributed by atoms with Crippen LogP contribution in [0, 0.1) is 5.92 Å². The van der Waals surface area contributed by atoms with Crippen LogP contribution in [0.2, 0.25) is 0 Å². The Morgan fingerprint density at radius 3 is 1.71 bits per heavy atom. The van der Waals surface area contributed by atoms with E-state index in [0.717, 1.165) is 78.3 Å². The van der Waals surface area contributed by atoms with Gasteiger partial charge in [-0.2, -0.15) is 0 Å². The summed E-state index contributed by atoms with van der Waals surface area (Å²) >= 11 is 0. The molecule has 5 heterocycles. The fourth-order valence-corrected chi connectivity index (χ4v) is 5.01. The lowest BCUT2D eigenvalue weighted by atomic mass is 10.0. The number of nitrogens with zero attached hydrogens (tertiary/aromatic N) is 3. The van der Waals surface area contributed by atoms with Gasteiger partial charge in [-0.25, -0.2) is 15.0 Å². The van der Waals surface area contributed by atoms with Gasteiger partial charge in [0.2, 0.25) is 0 Å². The number of aromatic nitrogens is 1. The van der Waals surface area contributed by atoms with Gasteiger partial charge in [0.15, 0.2) is 0 Å². The van der Waals surface area contributed by atoms with Crippen LogP contribution in [-0.2, 0) is 0 Å². The summed E-state index contributed by atoms with van der Waals surface area (Å²) in [5.41, 5.74) is 11.6.